The number of rotatable bonds is 5. The van der Waals surface area contributed by atoms with E-state index in [1.54, 1.807) is 48.5 Å². The highest BCUT2D eigenvalue weighted by molar-refractivity contribution is 6.30. The molecule has 1 saturated heterocycles. The predicted octanol–water partition coefficient (Wildman–Crippen LogP) is 4.35. The number of anilines is 1. The molecule has 30 heavy (non-hydrogen) atoms. The van der Waals surface area contributed by atoms with E-state index in [1.165, 1.54) is 0 Å². The molecule has 0 aromatic heterocycles. The molecule has 0 saturated carbocycles. The Labute approximate surface area is 178 Å². The molecule has 1 aliphatic rings. The minimum absolute atomic E-state index is 0.0243. The summed E-state index contributed by atoms with van der Waals surface area (Å²) in [5, 5.41) is 2.87. The van der Waals surface area contributed by atoms with Crippen LogP contribution in [-0.2, 0) is 11.3 Å². The van der Waals surface area contributed by atoms with Crippen LogP contribution < -0.4 is 10.2 Å². The molecule has 1 fully saturated rings. The van der Waals surface area contributed by atoms with Gasteiger partial charge in [0.2, 0.25) is 0 Å². The summed E-state index contributed by atoms with van der Waals surface area (Å²) in [5.41, 5.74) is 0.499. The molecule has 0 atom stereocenters. The molecule has 0 bridgehead atoms. The van der Waals surface area contributed by atoms with E-state index >= 15 is 0 Å². The molecule has 160 valence electrons. The lowest BCUT2D eigenvalue weighted by Crippen LogP contribution is -2.44. The van der Waals surface area contributed by atoms with E-state index in [1.807, 2.05) is 11.9 Å². The van der Waals surface area contributed by atoms with Crippen molar-refractivity contribution in [2.45, 2.75) is 12.7 Å². The molecule has 4 nitrogen and oxygen atoms in total. The molecule has 1 N–H and O–H groups in total. The topological polar surface area (TPSA) is 35.6 Å². The first-order valence-corrected chi connectivity index (χ1v) is 9.96. The van der Waals surface area contributed by atoms with Crippen molar-refractivity contribution in [2.24, 2.45) is 0 Å². The van der Waals surface area contributed by atoms with E-state index in [4.69, 9.17) is 11.6 Å². The van der Waals surface area contributed by atoms with Crippen molar-refractivity contribution in [1.29, 1.82) is 0 Å². The maximum Gasteiger partial charge on any atom is 0.421 e. The number of hydrogen-bond donors (Lipinski definition) is 1. The molecule has 1 heterocycles. The van der Waals surface area contributed by atoms with Gasteiger partial charge < -0.3 is 15.1 Å². The molecule has 0 aliphatic carbocycles. The number of nitrogens with zero attached hydrogens (tertiary/aromatic N) is 2. The van der Waals surface area contributed by atoms with Gasteiger partial charge >= 0.3 is 6.18 Å². The van der Waals surface area contributed by atoms with E-state index < -0.39 is 17.7 Å². The Morgan fingerprint density at radius 3 is 2.33 bits per heavy atom. The molecule has 2 aromatic rings. The first kappa shape index (κ1) is 22.2. The number of alkyl halides is 3. The van der Waals surface area contributed by atoms with Crippen molar-refractivity contribution in [1.82, 2.24) is 10.2 Å². The summed E-state index contributed by atoms with van der Waals surface area (Å²) >= 11 is 5.81. The molecule has 1 amide bonds. The molecule has 3 rings (SSSR count). The molecule has 2 aromatic carbocycles. The predicted molar refractivity (Wildman–Crippen MR) is 113 cm³/mol. The standard InChI is InChI=1S/C22H23ClF3N3O/c1-28-10-12-29(13-11-28)20-5-3-2-4-17(20)14-19(22(24,25)26)21(30)27-15-16-6-8-18(23)9-7-16/h2-9,14H,10-13,15H2,1H3,(H,27,30). The number of carbonyl (C=O) groups excluding carboxylic acids is 1. The quantitative estimate of drug-likeness (QED) is 0.706. The third-order valence-corrected chi connectivity index (χ3v) is 5.25. The Bertz CT molecular complexity index is 905. The van der Waals surface area contributed by atoms with Crippen LogP contribution in [0.5, 0.6) is 0 Å². The monoisotopic (exact) mass is 437 g/mol. The van der Waals surface area contributed by atoms with Gasteiger partial charge in [0.25, 0.3) is 5.91 Å². The van der Waals surface area contributed by atoms with Gasteiger partial charge in [-0.1, -0.05) is 41.9 Å². The van der Waals surface area contributed by atoms with Crippen LogP contribution in [0.1, 0.15) is 11.1 Å². The van der Waals surface area contributed by atoms with Crippen LogP contribution in [0.4, 0.5) is 18.9 Å². The Morgan fingerprint density at radius 2 is 1.70 bits per heavy atom. The third kappa shape index (κ3) is 5.77. The summed E-state index contributed by atoms with van der Waals surface area (Å²) in [5.74, 6) is -1.16. The number of carbonyl (C=O) groups is 1. The summed E-state index contributed by atoms with van der Waals surface area (Å²) in [7, 11) is 2.01. The number of benzene rings is 2. The van der Waals surface area contributed by atoms with E-state index in [2.05, 4.69) is 10.2 Å². The van der Waals surface area contributed by atoms with Crippen molar-refractivity contribution in [3.05, 3.63) is 70.3 Å². The Balaban J connectivity index is 1.83. The van der Waals surface area contributed by atoms with Crippen molar-refractivity contribution in [3.63, 3.8) is 0 Å². The molecule has 1 aliphatic heterocycles. The zero-order valence-electron chi connectivity index (χ0n) is 16.5. The highest BCUT2D eigenvalue weighted by Gasteiger charge is 2.38. The Kier molecular flexibility index (Phi) is 7.05. The Morgan fingerprint density at radius 1 is 1.07 bits per heavy atom. The molecule has 0 unspecified atom stereocenters. The first-order valence-electron chi connectivity index (χ1n) is 9.58. The van der Waals surface area contributed by atoms with Crippen LogP contribution >= 0.6 is 11.6 Å². The average Bonchev–Trinajstić information content (AvgIpc) is 2.71. The summed E-state index contributed by atoms with van der Waals surface area (Å²) in [6.45, 7) is 3.05. The fourth-order valence-corrected chi connectivity index (χ4v) is 3.38. The minimum Gasteiger partial charge on any atom is -0.368 e. The highest BCUT2D eigenvalue weighted by atomic mass is 35.5. The van der Waals surface area contributed by atoms with Gasteiger partial charge in [-0.05, 0) is 42.4 Å². The number of hydrogen-bond acceptors (Lipinski definition) is 3. The average molecular weight is 438 g/mol. The van der Waals surface area contributed by atoms with Crippen LogP contribution in [0.2, 0.25) is 5.02 Å². The molecular formula is C22H23ClF3N3O. The SMILES string of the molecule is CN1CCN(c2ccccc2C=C(C(=O)NCc2ccc(Cl)cc2)C(F)(F)F)CC1. The number of likely N-dealkylation sites (N-methyl/N-ethyl adjacent to an activating group) is 1. The van der Waals surface area contributed by atoms with Crippen molar-refractivity contribution < 1.29 is 18.0 Å². The van der Waals surface area contributed by atoms with Crippen molar-refractivity contribution in [3.8, 4) is 0 Å². The zero-order chi connectivity index (χ0) is 21.7. The minimum atomic E-state index is -4.78. The second-order valence-electron chi connectivity index (χ2n) is 7.21. The largest absolute Gasteiger partial charge is 0.421 e. The van der Waals surface area contributed by atoms with Crippen molar-refractivity contribution >= 4 is 29.3 Å². The molecular weight excluding hydrogens is 415 g/mol. The van der Waals surface area contributed by atoms with Gasteiger partial charge in [0.1, 0.15) is 5.57 Å². The van der Waals surface area contributed by atoms with E-state index in [0.29, 0.717) is 34.9 Å². The molecule has 0 radical (unpaired) electrons. The van der Waals surface area contributed by atoms with Gasteiger partial charge in [-0.25, -0.2) is 0 Å². The fraction of sp³-hybridized carbons (Fsp3) is 0.318. The second-order valence-corrected chi connectivity index (χ2v) is 7.65. The zero-order valence-corrected chi connectivity index (χ0v) is 17.3. The fourth-order valence-electron chi connectivity index (χ4n) is 3.26. The van der Waals surface area contributed by atoms with Gasteiger partial charge in [0.05, 0.1) is 0 Å². The van der Waals surface area contributed by atoms with Crippen LogP contribution in [-0.4, -0.2) is 50.2 Å². The molecule has 8 heteroatoms. The normalized spacial score (nSPS) is 15.9. The first-order chi connectivity index (χ1) is 14.2. The summed E-state index contributed by atoms with van der Waals surface area (Å²) in [6.07, 6.45) is -3.84. The summed E-state index contributed by atoms with van der Waals surface area (Å²) in [4.78, 5) is 16.6. The van der Waals surface area contributed by atoms with Gasteiger partial charge in [-0.2, -0.15) is 13.2 Å². The van der Waals surface area contributed by atoms with Gasteiger partial charge in [0.15, 0.2) is 0 Å². The number of amides is 1. The van der Waals surface area contributed by atoms with Gasteiger partial charge in [0, 0.05) is 43.4 Å². The molecule has 0 spiro atoms. The number of piperazine rings is 1. The lowest BCUT2D eigenvalue weighted by atomic mass is 10.1. The third-order valence-electron chi connectivity index (χ3n) is 5.00. The summed E-state index contributed by atoms with van der Waals surface area (Å²) in [6, 6.07) is 13.4. The number of halogens is 4. The van der Waals surface area contributed by atoms with Crippen LogP contribution in [0.15, 0.2) is 54.1 Å². The maximum atomic E-state index is 13.7. The number of para-hydroxylation sites is 1. The van der Waals surface area contributed by atoms with Crippen LogP contribution in [0, 0.1) is 0 Å². The lowest BCUT2D eigenvalue weighted by molar-refractivity contribution is -0.130. The van der Waals surface area contributed by atoms with Gasteiger partial charge in [-0.15, -0.1) is 0 Å². The highest BCUT2D eigenvalue weighted by Crippen LogP contribution is 2.31. The van der Waals surface area contributed by atoms with Gasteiger partial charge in [-0.3, -0.25) is 4.79 Å². The number of nitrogens with one attached hydrogen (secondary N) is 1. The van der Waals surface area contributed by atoms with Crippen molar-refractivity contribution in [2.75, 3.05) is 38.1 Å². The smallest absolute Gasteiger partial charge is 0.368 e. The Hall–Kier alpha value is -2.51. The van der Waals surface area contributed by atoms with Crippen LogP contribution in [0.25, 0.3) is 6.08 Å². The lowest BCUT2D eigenvalue weighted by Gasteiger charge is -2.35. The summed E-state index contributed by atoms with van der Waals surface area (Å²) < 4.78 is 41.1. The van der Waals surface area contributed by atoms with E-state index in [9.17, 15) is 18.0 Å². The van der Waals surface area contributed by atoms with Crippen LogP contribution in [0.3, 0.4) is 0 Å². The van der Waals surface area contributed by atoms with E-state index in [0.717, 1.165) is 19.2 Å². The maximum absolute atomic E-state index is 13.7. The second kappa shape index (κ2) is 9.53. The van der Waals surface area contributed by atoms with E-state index in [-0.39, 0.29) is 6.54 Å².